The van der Waals surface area contributed by atoms with Crippen molar-refractivity contribution >= 4 is 50.0 Å². The zero-order valence-electron chi connectivity index (χ0n) is 9.98. The molecule has 0 aliphatic rings. The van der Waals surface area contributed by atoms with E-state index < -0.39 is 0 Å². The third-order valence-corrected chi connectivity index (χ3v) is 4.62. The number of hydrogen-bond acceptors (Lipinski definition) is 4. The van der Waals surface area contributed by atoms with Crippen LogP contribution in [0.2, 0.25) is 0 Å². The first-order valence-electron chi connectivity index (χ1n) is 5.60. The molecule has 1 unspecified atom stereocenters. The predicted molar refractivity (Wildman–Crippen MR) is 83.4 cm³/mol. The van der Waals surface area contributed by atoms with Gasteiger partial charge in [0.15, 0.2) is 0 Å². The molecule has 1 atom stereocenters. The number of carbonyl (C=O) groups is 1. The molecule has 5 heteroatoms. The second kappa shape index (κ2) is 6.49. The summed E-state index contributed by atoms with van der Waals surface area (Å²) in [7, 11) is 1.42. The van der Waals surface area contributed by atoms with E-state index in [0.29, 0.717) is 6.54 Å². The SMILES string of the molecule is COC(=O)C(I)CNCc1csc2ccccc12. The van der Waals surface area contributed by atoms with Gasteiger partial charge in [0, 0.05) is 17.8 Å². The number of nitrogens with one attached hydrogen (secondary N) is 1. The summed E-state index contributed by atoms with van der Waals surface area (Å²) < 4.78 is 5.84. The average molecular weight is 375 g/mol. The third-order valence-electron chi connectivity index (χ3n) is 2.66. The largest absolute Gasteiger partial charge is 0.468 e. The van der Waals surface area contributed by atoms with Crippen LogP contribution in [-0.4, -0.2) is 23.5 Å². The summed E-state index contributed by atoms with van der Waals surface area (Å²) in [5.74, 6) is -0.182. The Labute approximate surface area is 124 Å². The quantitative estimate of drug-likeness (QED) is 0.496. The van der Waals surface area contributed by atoms with E-state index in [1.165, 1.54) is 22.8 Å². The first-order chi connectivity index (χ1) is 8.72. The minimum atomic E-state index is -0.182. The maximum absolute atomic E-state index is 11.2. The van der Waals surface area contributed by atoms with Crippen LogP contribution in [0, 0.1) is 0 Å². The Kier molecular flexibility index (Phi) is 4.96. The zero-order chi connectivity index (χ0) is 13.0. The van der Waals surface area contributed by atoms with Crippen LogP contribution >= 0.6 is 33.9 Å². The number of rotatable bonds is 5. The lowest BCUT2D eigenvalue weighted by molar-refractivity contribution is -0.139. The second-order valence-corrected chi connectivity index (χ2v) is 6.29. The van der Waals surface area contributed by atoms with Crippen LogP contribution in [0.15, 0.2) is 29.6 Å². The Morgan fingerprint density at radius 3 is 3.06 bits per heavy atom. The number of fused-ring (bicyclic) bond motifs is 1. The third kappa shape index (κ3) is 3.21. The van der Waals surface area contributed by atoms with Gasteiger partial charge >= 0.3 is 5.97 Å². The molecular weight excluding hydrogens is 361 g/mol. The van der Waals surface area contributed by atoms with Gasteiger partial charge < -0.3 is 10.1 Å². The van der Waals surface area contributed by atoms with Gasteiger partial charge in [0.2, 0.25) is 0 Å². The fourth-order valence-corrected chi connectivity index (χ4v) is 3.24. The molecule has 1 aromatic heterocycles. The van der Waals surface area contributed by atoms with Crippen molar-refractivity contribution in [3.63, 3.8) is 0 Å². The first-order valence-corrected chi connectivity index (χ1v) is 7.72. The lowest BCUT2D eigenvalue weighted by Crippen LogP contribution is -2.29. The van der Waals surface area contributed by atoms with Crippen LogP contribution < -0.4 is 5.32 Å². The molecule has 0 fully saturated rings. The van der Waals surface area contributed by atoms with Gasteiger partial charge in [-0.2, -0.15) is 0 Å². The molecule has 0 spiro atoms. The van der Waals surface area contributed by atoms with Crippen molar-refractivity contribution in [1.82, 2.24) is 5.32 Å². The Bertz CT molecular complexity index is 541. The van der Waals surface area contributed by atoms with Crippen LogP contribution in [0.1, 0.15) is 5.56 Å². The zero-order valence-corrected chi connectivity index (χ0v) is 13.0. The van der Waals surface area contributed by atoms with Crippen molar-refractivity contribution in [2.75, 3.05) is 13.7 Å². The minimum Gasteiger partial charge on any atom is -0.468 e. The smallest absolute Gasteiger partial charge is 0.319 e. The first kappa shape index (κ1) is 13.8. The second-order valence-electron chi connectivity index (χ2n) is 3.88. The molecule has 3 nitrogen and oxygen atoms in total. The molecule has 96 valence electrons. The van der Waals surface area contributed by atoms with Crippen LogP contribution in [0.5, 0.6) is 0 Å². The van der Waals surface area contributed by atoms with E-state index in [4.69, 9.17) is 0 Å². The molecule has 0 aliphatic heterocycles. The van der Waals surface area contributed by atoms with E-state index in [0.717, 1.165) is 6.54 Å². The summed E-state index contributed by atoms with van der Waals surface area (Å²) >= 11 is 3.84. The van der Waals surface area contributed by atoms with E-state index in [2.05, 4.69) is 50.2 Å². The number of thiophene rings is 1. The molecule has 2 rings (SSSR count). The van der Waals surface area contributed by atoms with Gasteiger partial charge in [0.1, 0.15) is 3.92 Å². The van der Waals surface area contributed by atoms with Gasteiger partial charge in [-0.05, 0) is 22.4 Å². The van der Waals surface area contributed by atoms with Crippen LogP contribution in [0.25, 0.3) is 10.1 Å². The molecule has 2 aromatic rings. The summed E-state index contributed by atoms with van der Waals surface area (Å²) in [6, 6.07) is 8.35. The van der Waals surface area contributed by atoms with Crippen molar-refractivity contribution in [1.29, 1.82) is 0 Å². The Hall–Kier alpha value is -0.660. The highest BCUT2D eigenvalue weighted by Crippen LogP contribution is 2.25. The average Bonchev–Trinajstić information content (AvgIpc) is 2.81. The Balaban J connectivity index is 1.93. The number of benzene rings is 1. The monoisotopic (exact) mass is 375 g/mol. The number of ether oxygens (including phenoxy) is 1. The summed E-state index contributed by atoms with van der Waals surface area (Å²) in [5, 5.41) is 6.75. The van der Waals surface area contributed by atoms with Crippen molar-refractivity contribution in [2.45, 2.75) is 10.5 Å². The van der Waals surface area contributed by atoms with E-state index in [1.807, 2.05) is 12.1 Å². The number of esters is 1. The lowest BCUT2D eigenvalue weighted by atomic mass is 10.2. The Morgan fingerprint density at radius 2 is 2.28 bits per heavy atom. The number of halogens is 1. The topological polar surface area (TPSA) is 38.3 Å². The number of carbonyl (C=O) groups excluding carboxylic acids is 1. The van der Waals surface area contributed by atoms with E-state index >= 15 is 0 Å². The molecule has 18 heavy (non-hydrogen) atoms. The Morgan fingerprint density at radius 1 is 1.50 bits per heavy atom. The molecule has 1 aromatic carbocycles. The minimum absolute atomic E-state index is 0.141. The molecule has 0 radical (unpaired) electrons. The van der Waals surface area contributed by atoms with Crippen molar-refractivity contribution in [2.24, 2.45) is 0 Å². The van der Waals surface area contributed by atoms with Crippen LogP contribution in [-0.2, 0) is 16.1 Å². The molecule has 0 aliphatic carbocycles. The van der Waals surface area contributed by atoms with Gasteiger partial charge in [-0.1, -0.05) is 40.8 Å². The van der Waals surface area contributed by atoms with E-state index in [-0.39, 0.29) is 9.89 Å². The van der Waals surface area contributed by atoms with Crippen LogP contribution in [0.4, 0.5) is 0 Å². The molecule has 1 N–H and O–H groups in total. The van der Waals surface area contributed by atoms with E-state index in [9.17, 15) is 4.79 Å². The summed E-state index contributed by atoms with van der Waals surface area (Å²) in [6.45, 7) is 1.40. The standard InChI is InChI=1S/C13H14INO2S/c1-17-13(16)11(14)7-15-6-9-8-18-12-5-3-2-4-10(9)12/h2-5,8,11,15H,6-7H2,1H3. The summed E-state index contributed by atoms with van der Waals surface area (Å²) in [5.41, 5.74) is 1.28. The highest BCUT2D eigenvalue weighted by Gasteiger charge is 2.14. The molecule has 0 saturated carbocycles. The lowest BCUT2D eigenvalue weighted by Gasteiger charge is -2.08. The molecular formula is C13H14INO2S. The maximum Gasteiger partial charge on any atom is 0.319 e. The van der Waals surface area contributed by atoms with Gasteiger partial charge in [0.05, 0.1) is 7.11 Å². The maximum atomic E-state index is 11.2. The van der Waals surface area contributed by atoms with Gasteiger partial charge in [-0.25, -0.2) is 0 Å². The highest BCUT2D eigenvalue weighted by molar-refractivity contribution is 14.1. The molecule has 0 bridgehead atoms. The van der Waals surface area contributed by atoms with Gasteiger partial charge in [0.25, 0.3) is 0 Å². The molecule has 1 heterocycles. The fraction of sp³-hybridized carbons (Fsp3) is 0.308. The molecule has 0 amide bonds. The molecule has 0 saturated heterocycles. The number of alkyl halides is 1. The summed E-state index contributed by atoms with van der Waals surface area (Å²) in [4.78, 5) is 11.2. The number of hydrogen-bond donors (Lipinski definition) is 1. The highest BCUT2D eigenvalue weighted by atomic mass is 127. The van der Waals surface area contributed by atoms with Crippen molar-refractivity contribution in [3.8, 4) is 0 Å². The predicted octanol–water partition coefficient (Wildman–Crippen LogP) is 2.97. The fourth-order valence-electron chi connectivity index (χ4n) is 1.71. The van der Waals surface area contributed by atoms with Gasteiger partial charge in [-0.15, -0.1) is 11.3 Å². The van der Waals surface area contributed by atoms with Crippen molar-refractivity contribution in [3.05, 3.63) is 35.2 Å². The summed E-state index contributed by atoms with van der Waals surface area (Å²) in [6.07, 6.45) is 0. The van der Waals surface area contributed by atoms with E-state index in [1.54, 1.807) is 11.3 Å². The van der Waals surface area contributed by atoms with Crippen molar-refractivity contribution < 1.29 is 9.53 Å². The van der Waals surface area contributed by atoms with Gasteiger partial charge in [-0.3, -0.25) is 4.79 Å². The van der Waals surface area contributed by atoms with Crippen LogP contribution in [0.3, 0.4) is 0 Å². The number of methoxy groups -OCH3 is 1. The normalized spacial score (nSPS) is 12.6.